The Morgan fingerprint density at radius 3 is 2.96 bits per heavy atom. The van der Waals surface area contributed by atoms with Crippen LogP contribution in [0.5, 0.6) is 5.88 Å². The molecule has 1 aliphatic heterocycles. The molecule has 0 amide bonds. The van der Waals surface area contributed by atoms with E-state index in [2.05, 4.69) is 22.9 Å². The predicted octanol–water partition coefficient (Wildman–Crippen LogP) is 3.63. The van der Waals surface area contributed by atoms with Crippen molar-refractivity contribution in [2.75, 3.05) is 19.7 Å². The van der Waals surface area contributed by atoms with Crippen molar-refractivity contribution >= 4 is 11.3 Å². The number of likely N-dealkylation sites (tertiary alicyclic amines) is 1. The molecule has 0 N–H and O–H groups in total. The molecule has 1 aliphatic carbocycles. The van der Waals surface area contributed by atoms with E-state index in [1.165, 1.54) is 42.8 Å². The SMILES string of the molecule is Cc1cccnc1OCC1CCN(Cc2nc3c(s2)CCC3)CC1. The number of pyridine rings is 1. The molecule has 4 nitrogen and oxygen atoms in total. The van der Waals surface area contributed by atoms with Crippen LogP contribution in [0.4, 0.5) is 0 Å². The van der Waals surface area contributed by atoms with Crippen LogP contribution in [-0.4, -0.2) is 34.6 Å². The predicted molar refractivity (Wildman–Crippen MR) is 96.6 cm³/mol. The van der Waals surface area contributed by atoms with Gasteiger partial charge >= 0.3 is 0 Å². The molecule has 3 heterocycles. The largest absolute Gasteiger partial charge is 0.477 e. The Bertz CT molecular complexity index is 670. The highest BCUT2D eigenvalue weighted by atomic mass is 32.1. The summed E-state index contributed by atoms with van der Waals surface area (Å²) in [5.41, 5.74) is 2.50. The van der Waals surface area contributed by atoms with Gasteiger partial charge in [-0.15, -0.1) is 11.3 Å². The summed E-state index contributed by atoms with van der Waals surface area (Å²) in [7, 11) is 0. The third kappa shape index (κ3) is 3.62. The number of rotatable bonds is 5. The van der Waals surface area contributed by atoms with Crippen molar-refractivity contribution in [3.8, 4) is 5.88 Å². The van der Waals surface area contributed by atoms with Gasteiger partial charge in [-0.1, -0.05) is 6.07 Å². The number of ether oxygens (including phenoxy) is 1. The molecule has 2 aromatic heterocycles. The summed E-state index contributed by atoms with van der Waals surface area (Å²) in [6.45, 7) is 6.18. The van der Waals surface area contributed by atoms with E-state index < -0.39 is 0 Å². The molecule has 0 atom stereocenters. The lowest BCUT2D eigenvalue weighted by molar-refractivity contribution is 0.134. The quantitative estimate of drug-likeness (QED) is 0.831. The number of aryl methyl sites for hydroxylation is 3. The van der Waals surface area contributed by atoms with E-state index in [0.29, 0.717) is 5.92 Å². The molecule has 0 saturated carbocycles. The molecule has 4 rings (SSSR count). The number of piperidine rings is 1. The Kier molecular flexibility index (Phi) is 4.81. The lowest BCUT2D eigenvalue weighted by Gasteiger charge is -2.31. The zero-order chi connectivity index (χ0) is 16.4. The maximum Gasteiger partial charge on any atom is 0.216 e. The van der Waals surface area contributed by atoms with Gasteiger partial charge in [0.15, 0.2) is 0 Å². The average Bonchev–Trinajstić information content (AvgIpc) is 3.17. The molecule has 0 unspecified atom stereocenters. The summed E-state index contributed by atoms with van der Waals surface area (Å²) in [6, 6.07) is 4.01. The third-order valence-corrected chi connectivity index (χ3v) is 6.27. The van der Waals surface area contributed by atoms with Crippen LogP contribution in [0.15, 0.2) is 18.3 Å². The monoisotopic (exact) mass is 343 g/mol. The number of hydrogen-bond acceptors (Lipinski definition) is 5. The second kappa shape index (κ2) is 7.19. The van der Waals surface area contributed by atoms with Gasteiger partial charge in [0.05, 0.1) is 18.8 Å². The summed E-state index contributed by atoms with van der Waals surface area (Å²) < 4.78 is 5.93. The smallest absolute Gasteiger partial charge is 0.216 e. The maximum atomic E-state index is 5.93. The first-order valence-electron chi connectivity index (χ1n) is 9.02. The molecule has 0 spiro atoms. The van der Waals surface area contributed by atoms with Gasteiger partial charge in [-0.3, -0.25) is 4.90 Å². The molecule has 1 saturated heterocycles. The first-order valence-corrected chi connectivity index (χ1v) is 9.84. The van der Waals surface area contributed by atoms with Crippen LogP contribution in [0.25, 0.3) is 0 Å². The van der Waals surface area contributed by atoms with Crippen LogP contribution in [0.2, 0.25) is 0 Å². The molecule has 2 aliphatic rings. The van der Waals surface area contributed by atoms with Crippen molar-refractivity contribution < 1.29 is 4.74 Å². The highest BCUT2D eigenvalue weighted by Gasteiger charge is 2.22. The highest BCUT2D eigenvalue weighted by Crippen LogP contribution is 2.29. The van der Waals surface area contributed by atoms with E-state index in [9.17, 15) is 0 Å². The van der Waals surface area contributed by atoms with Crippen LogP contribution in [0.3, 0.4) is 0 Å². The van der Waals surface area contributed by atoms with E-state index in [-0.39, 0.29) is 0 Å². The third-order valence-electron chi connectivity index (χ3n) is 5.12. The summed E-state index contributed by atoms with van der Waals surface area (Å²) in [6.07, 6.45) is 7.96. The summed E-state index contributed by atoms with van der Waals surface area (Å²) in [4.78, 5) is 13.2. The second-order valence-electron chi connectivity index (χ2n) is 6.99. The normalized spacial score (nSPS) is 18.7. The molecule has 0 bridgehead atoms. The molecule has 5 heteroatoms. The van der Waals surface area contributed by atoms with Gasteiger partial charge < -0.3 is 4.74 Å². The minimum absolute atomic E-state index is 0.643. The van der Waals surface area contributed by atoms with Gasteiger partial charge in [-0.2, -0.15) is 0 Å². The first-order chi connectivity index (χ1) is 11.8. The van der Waals surface area contributed by atoms with Crippen molar-refractivity contribution in [3.63, 3.8) is 0 Å². The fourth-order valence-corrected chi connectivity index (χ4v) is 4.83. The summed E-state index contributed by atoms with van der Waals surface area (Å²) in [5, 5.41) is 1.32. The number of hydrogen-bond donors (Lipinski definition) is 0. The van der Waals surface area contributed by atoms with E-state index >= 15 is 0 Å². The molecule has 0 radical (unpaired) electrons. The zero-order valence-corrected chi connectivity index (χ0v) is 15.1. The Morgan fingerprint density at radius 2 is 2.17 bits per heavy atom. The summed E-state index contributed by atoms with van der Waals surface area (Å²) >= 11 is 1.94. The second-order valence-corrected chi connectivity index (χ2v) is 8.16. The van der Waals surface area contributed by atoms with Crippen LogP contribution in [0, 0.1) is 12.8 Å². The Labute approximate surface area is 147 Å². The zero-order valence-electron chi connectivity index (χ0n) is 14.3. The standard InChI is InChI=1S/C19H25N3OS/c1-14-4-3-9-20-19(14)23-13-15-7-10-22(11-8-15)12-18-21-16-5-2-6-17(16)24-18/h3-4,9,15H,2,5-8,10-13H2,1H3. The van der Waals surface area contributed by atoms with Crippen LogP contribution >= 0.6 is 11.3 Å². The Morgan fingerprint density at radius 1 is 1.29 bits per heavy atom. The average molecular weight is 343 g/mol. The minimum Gasteiger partial charge on any atom is -0.477 e. The van der Waals surface area contributed by atoms with E-state index in [0.717, 1.165) is 37.7 Å². The van der Waals surface area contributed by atoms with E-state index in [1.54, 1.807) is 11.1 Å². The number of fused-ring (bicyclic) bond motifs is 1. The van der Waals surface area contributed by atoms with Crippen LogP contribution in [0.1, 0.15) is 40.4 Å². The molecule has 128 valence electrons. The van der Waals surface area contributed by atoms with E-state index in [4.69, 9.17) is 9.72 Å². The molecule has 24 heavy (non-hydrogen) atoms. The maximum absolute atomic E-state index is 5.93. The molecule has 1 fully saturated rings. The van der Waals surface area contributed by atoms with Crippen LogP contribution < -0.4 is 4.74 Å². The number of thiazole rings is 1. The minimum atomic E-state index is 0.643. The topological polar surface area (TPSA) is 38.2 Å². The van der Waals surface area contributed by atoms with Crippen LogP contribution in [-0.2, 0) is 19.4 Å². The lowest BCUT2D eigenvalue weighted by Crippen LogP contribution is -2.35. The number of nitrogens with zero attached hydrogens (tertiary/aromatic N) is 3. The van der Waals surface area contributed by atoms with E-state index in [1.807, 2.05) is 17.4 Å². The summed E-state index contributed by atoms with van der Waals surface area (Å²) in [5.74, 6) is 1.43. The molecule has 0 aromatic carbocycles. The van der Waals surface area contributed by atoms with Crippen molar-refractivity contribution in [1.29, 1.82) is 0 Å². The fourth-order valence-electron chi connectivity index (χ4n) is 3.63. The van der Waals surface area contributed by atoms with Gasteiger partial charge in [0, 0.05) is 16.6 Å². The van der Waals surface area contributed by atoms with Gasteiger partial charge in [0.2, 0.25) is 5.88 Å². The van der Waals surface area contributed by atoms with Gasteiger partial charge in [0.25, 0.3) is 0 Å². The van der Waals surface area contributed by atoms with Gasteiger partial charge in [0.1, 0.15) is 5.01 Å². The van der Waals surface area contributed by atoms with Crippen molar-refractivity contribution in [2.24, 2.45) is 5.92 Å². The van der Waals surface area contributed by atoms with Crippen molar-refractivity contribution in [3.05, 3.63) is 39.5 Å². The van der Waals surface area contributed by atoms with Gasteiger partial charge in [-0.05, 0) is 64.1 Å². The van der Waals surface area contributed by atoms with Crippen molar-refractivity contribution in [2.45, 2.75) is 45.6 Å². The molecule has 2 aromatic rings. The van der Waals surface area contributed by atoms with Crippen molar-refractivity contribution in [1.82, 2.24) is 14.9 Å². The number of aromatic nitrogens is 2. The van der Waals surface area contributed by atoms with Gasteiger partial charge in [-0.25, -0.2) is 9.97 Å². The lowest BCUT2D eigenvalue weighted by atomic mass is 9.98. The first kappa shape index (κ1) is 16.0. The molecular weight excluding hydrogens is 318 g/mol. The highest BCUT2D eigenvalue weighted by molar-refractivity contribution is 7.11. The fraction of sp³-hybridized carbons (Fsp3) is 0.579. The molecular formula is C19H25N3OS. The Balaban J connectivity index is 1.24. The Hall–Kier alpha value is -1.46.